The molecule has 0 amide bonds. The molecule has 0 saturated heterocycles. The predicted octanol–water partition coefficient (Wildman–Crippen LogP) is 3.65. The highest BCUT2D eigenvalue weighted by Crippen LogP contribution is 2.39. The fraction of sp³-hybridized carbons (Fsp3) is 0.750. The molecule has 1 aromatic rings. The monoisotopic (exact) mass is 276 g/mol. The van der Waals surface area contributed by atoms with E-state index in [9.17, 15) is 0 Å². The van der Waals surface area contributed by atoms with Crippen LogP contribution in [0.2, 0.25) is 0 Å². The summed E-state index contributed by atoms with van der Waals surface area (Å²) in [6.07, 6.45) is 7.24. The summed E-state index contributed by atoms with van der Waals surface area (Å²) >= 11 is 0. The summed E-state index contributed by atoms with van der Waals surface area (Å²) in [6, 6.07) is 0. The van der Waals surface area contributed by atoms with Crippen LogP contribution in [-0.4, -0.2) is 23.1 Å². The number of anilines is 2. The molecular weight excluding hydrogens is 248 g/mol. The summed E-state index contributed by atoms with van der Waals surface area (Å²) in [4.78, 5) is 11.7. The third-order valence-corrected chi connectivity index (χ3v) is 3.98. The quantitative estimate of drug-likeness (QED) is 0.787. The lowest BCUT2D eigenvalue weighted by Crippen LogP contribution is -2.28. The van der Waals surface area contributed by atoms with Crippen molar-refractivity contribution in [1.82, 2.24) is 9.97 Å². The molecule has 0 bridgehead atoms. The molecular formula is C16H28N4. The summed E-state index contributed by atoms with van der Waals surface area (Å²) in [5, 5.41) is 0. The van der Waals surface area contributed by atoms with Gasteiger partial charge in [-0.2, -0.15) is 0 Å². The molecule has 1 aliphatic carbocycles. The number of aromatic nitrogens is 2. The summed E-state index contributed by atoms with van der Waals surface area (Å²) in [6.45, 7) is 8.64. The van der Waals surface area contributed by atoms with Gasteiger partial charge in [0.2, 0.25) is 0 Å². The minimum atomic E-state index is 0.552. The Bertz CT molecular complexity index is 432. The molecule has 4 heteroatoms. The van der Waals surface area contributed by atoms with Crippen molar-refractivity contribution in [2.24, 2.45) is 0 Å². The number of nitrogens with two attached hydrogens (primary N) is 1. The third-order valence-electron chi connectivity index (χ3n) is 3.98. The van der Waals surface area contributed by atoms with E-state index in [1.54, 1.807) is 0 Å². The van der Waals surface area contributed by atoms with Gasteiger partial charge >= 0.3 is 0 Å². The summed E-state index contributed by atoms with van der Waals surface area (Å²) in [5.74, 6) is 3.24. The third kappa shape index (κ3) is 3.62. The number of rotatable bonds is 8. The Labute approximate surface area is 122 Å². The van der Waals surface area contributed by atoms with Gasteiger partial charge in [0.15, 0.2) is 0 Å². The van der Waals surface area contributed by atoms with Crippen LogP contribution >= 0.6 is 0 Å². The van der Waals surface area contributed by atoms with Gasteiger partial charge in [-0.3, -0.25) is 0 Å². The van der Waals surface area contributed by atoms with Gasteiger partial charge in [-0.05, 0) is 32.6 Å². The van der Waals surface area contributed by atoms with Crippen LogP contribution in [0.15, 0.2) is 0 Å². The standard InChI is InChI=1S/C16H28N4/c1-4-6-10-20(11-7-5-2)16-12(3)14(17)18-15(19-16)13-8-9-13/h13H,4-11H2,1-3H3,(H2,17,18,19). The fourth-order valence-electron chi connectivity index (χ4n) is 2.39. The van der Waals surface area contributed by atoms with E-state index in [4.69, 9.17) is 10.7 Å². The Balaban J connectivity index is 2.24. The van der Waals surface area contributed by atoms with E-state index in [2.05, 4.69) is 23.7 Å². The Hall–Kier alpha value is -1.32. The van der Waals surface area contributed by atoms with Gasteiger partial charge in [-0.1, -0.05) is 26.7 Å². The zero-order chi connectivity index (χ0) is 14.5. The second-order valence-electron chi connectivity index (χ2n) is 5.88. The lowest BCUT2D eigenvalue weighted by Gasteiger charge is -2.26. The van der Waals surface area contributed by atoms with Crippen molar-refractivity contribution in [2.45, 2.75) is 65.2 Å². The zero-order valence-corrected chi connectivity index (χ0v) is 13.2. The maximum atomic E-state index is 6.10. The van der Waals surface area contributed by atoms with E-state index in [1.807, 2.05) is 6.92 Å². The van der Waals surface area contributed by atoms with Crippen molar-refractivity contribution in [3.63, 3.8) is 0 Å². The van der Waals surface area contributed by atoms with Crippen molar-refractivity contribution < 1.29 is 0 Å². The van der Waals surface area contributed by atoms with Crippen LogP contribution in [0.5, 0.6) is 0 Å². The SMILES string of the molecule is CCCCN(CCCC)c1nc(C2CC2)nc(N)c1C. The molecule has 0 aromatic carbocycles. The second-order valence-corrected chi connectivity index (χ2v) is 5.88. The first-order chi connectivity index (χ1) is 9.67. The van der Waals surface area contributed by atoms with Crippen LogP contribution < -0.4 is 10.6 Å². The molecule has 4 nitrogen and oxygen atoms in total. The molecule has 0 radical (unpaired) electrons. The Kier molecular flexibility index (Phi) is 5.21. The van der Waals surface area contributed by atoms with Crippen molar-refractivity contribution >= 4 is 11.6 Å². The normalized spacial score (nSPS) is 14.6. The number of hydrogen-bond acceptors (Lipinski definition) is 4. The predicted molar refractivity (Wildman–Crippen MR) is 85.2 cm³/mol. The lowest BCUT2D eigenvalue weighted by molar-refractivity contribution is 0.666. The largest absolute Gasteiger partial charge is 0.383 e. The van der Waals surface area contributed by atoms with Gasteiger partial charge in [-0.25, -0.2) is 9.97 Å². The topological polar surface area (TPSA) is 55.0 Å². The summed E-state index contributed by atoms with van der Waals surface area (Å²) in [5.41, 5.74) is 7.15. The molecule has 2 N–H and O–H groups in total. The Morgan fingerprint density at radius 1 is 1.10 bits per heavy atom. The van der Waals surface area contributed by atoms with Crippen molar-refractivity contribution in [1.29, 1.82) is 0 Å². The maximum Gasteiger partial charge on any atom is 0.137 e. The summed E-state index contributed by atoms with van der Waals surface area (Å²) in [7, 11) is 0. The molecule has 1 aliphatic rings. The van der Waals surface area contributed by atoms with Crippen molar-refractivity contribution in [2.75, 3.05) is 23.7 Å². The molecule has 20 heavy (non-hydrogen) atoms. The zero-order valence-electron chi connectivity index (χ0n) is 13.2. The van der Waals surface area contributed by atoms with E-state index in [-0.39, 0.29) is 0 Å². The smallest absolute Gasteiger partial charge is 0.137 e. The van der Waals surface area contributed by atoms with Crippen molar-refractivity contribution in [3.05, 3.63) is 11.4 Å². The number of unbranched alkanes of at least 4 members (excludes halogenated alkanes) is 2. The van der Waals surface area contributed by atoms with Crippen LogP contribution in [0.3, 0.4) is 0 Å². The number of nitrogens with zero attached hydrogens (tertiary/aromatic N) is 3. The Morgan fingerprint density at radius 2 is 1.70 bits per heavy atom. The fourth-order valence-corrected chi connectivity index (χ4v) is 2.39. The van der Waals surface area contributed by atoms with Crippen molar-refractivity contribution in [3.8, 4) is 0 Å². The molecule has 1 saturated carbocycles. The van der Waals surface area contributed by atoms with E-state index < -0.39 is 0 Å². The van der Waals surface area contributed by atoms with Crippen LogP contribution in [0.1, 0.15) is 69.7 Å². The average Bonchev–Trinajstić information content (AvgIpc) is 3.27. The molecule has 0 spiro atoms. The second kappa shape index (κ2) is 6.91. The molecule has 1 fully saturated rings. The molecule has 1 heterocycles. The lowest BCUT2D eigenvalue weighted by atomic mass is 10.2. The highest BCUT2D eigenvalue weighted by molar-refractivity contribution is 5.56. The molecule has 112 valence electrons. The molecule has 0 unspecified atom stereocenters. The van der Waals surface area contributed by atoms with E-state index >= 15 is 0 Å². The van der Waals surface area contributed by atoms with Crippen LogP contribution in [0.4, 0.5) is 11.6 Å². The minimum Gasteiger partial charge on any atom is -0.383 e. The van der Waals surface area contributed by atoms with Gasteiger partial charge in [0, 0.05) is 24.6 Å². The molecule has 0 atom stereocenters. The van der Waals surface area contributed by atoms with Gasteiger partial charge in [0.05, 0.1) is 0 Å². The molecule has 2 rings (SSSR count). The summed E-state index contributed by atoms with van der Waals surface area (Å²) < 4.78 is 0. The Morgan fingerprint density at radius 3 is 2.20 bits per heavy atom. The van der Waals surface area contributed by atoms with Crippen LogP contribution in [-0.2, 0) is 0 Å². The van der Waals surface area contributed by atoms with Gasteiger partial charge < -0.3 is 10.6 Å². The van der Waals surface area contributed by atoms with E-state index in [1.165, 1.54) is 38.5 Å². The first kappa shape index (κ1) is 15.1. The van der Waals surface area contributed by atoms with Crippen LogP contribution in [0, 0.1) is 6.92 Å². The molecule has 1 aromatic heterocycles. The van der Waals surface area contributed by atoms with Gasteiger partial charge in [-0.15, -0.1) is 0 Å². The molecule has 0 aliphatic heterocycles. The first-order valence-corrected chi connectivity index (χ1v) is 8.06. The number of hydrogen-bond donors (Lipinski definition) is 1. The number of nitrogen functional groups attached to an aromatic ring is 1. The van der Waals surface area contributed by atoms with Crippen LogP contribution in [0.25, 0.3) is 0 Å². The van der Waals surface area contributed by atoms with Gasteiger partial charge in [0.25, 0.3) is 0 Å². The minimum absolute atomic E-state index is 0.552. The van der Waals surface area contributed by atoms with E-state index in [0.717, 1.165) is 30.3 Å². The maximum absolute atomic E-state index is 6.10. The van der Waals surface area contributed by atoms with Gasteiger partial charge in [0.1, 0.15) is 17.5 Å². The highest BCUT2D eigenvalue weighted by atomic mass is 15.2. The highest BCUT2D eigenvalue weighted by Gasteiger charge is 2.28. The average molecular weight is 276 g/mol. The van der Waals surface area contributed by atoms with E-state index in [0.29, 0.717) is 11.7 Å². The first-order valence-electron chi connectivity index (χ1n) is 8.06.